The first-order valence-corrected chi connectivity index (χ1v) is 14.9. The minimum absolute atomic E-state index is 0.0361. The van der Waals surface area contributed by atoms with Crippen LogP contribution in [0.5, 0.6) is 0 Å². The number of nitrogens with zero attached hydrogens (tertiary/aromatic N) is 3. The van der Waals surface area contributed by atoms with E-state index in [9.17, 15) is 14.4 Å². The van der Waals surface area contributed by atoms with Crippen LogP contribution in [0.4, 0.5) is 17.3 Å². The molecule has 2 heterocycles. The van der Waals surface area contributed by atoms with Crippen molar-refractivity contribution in [3.63, 3.8) is 0 Å². The standard InChI is InChI=1S/C30H41N7O4/c31-27(38)26-28(34-23-9-7-21(8-10-23)30(40)37-15-17-41-18-16-37)36-25(19-32-26)33-22-11-13-24(14-12-22)35-29(39)20-5-3-1-2-4-6-20/h7-10,19-20,22,24H,1-6,11-18H2,(H2,31,38)(H,35,39)(H2,33,34,36). The lowest BCUT2D eigenvalue weighted by Gasteiger charge is -2.31. The van der Waals surface area contributed by atoms with Crippen LogP contribution in [0, 0.1) is 5.92 Å². The monoisotopic (exact) mass is 563 g/mol. The van der Waals surface area contributed by atoms with Gasteiger partial charge < -0.3 is 31.3 Å². The third-order valence-corrected chi connectivity index (χ3v) is 8.35. The Kier molecular flexibility index (Phi) is 9.66. The summed E-state index contributed by atoms with van der Waals surface area (Å²) in [5.74, 6) is 0.463. The zero-order valence-electron chi connectivity index (χ0n) is 23.6. The van der Waals surface area contributed by atoms with Crippen molar-refractivity contribution in [1.82, 2.24) is 20.2 Å². The van der Waals surface area contributed by atoms with Crippen LogP contribution >= 0.6 is 0 Å². The highest BCUT2D eigenvalue weighted by Crippen LogP contribution is 2.27. The molecule has 2 saturated carbocycles. The lowest BCUT2D eigenvalue weighted by atomic mass is 9.90. The second kappa shape index (κ2) is 13.8. The third kappa shape index (κ3) is 7.72. The van der Waals surface area contributed by atoms with E-state index in [1.807, 2.05) is 0 Å². The molecule has 1 aromatic carbocycles. The molecule has 41 heavy (non-hydrogen) atoms. The maximum Gasteiger partial charge on any atom is 0.271 e. The number of nitrogens with two attached hydrogens (primary N) is 1. The summed E-state index contributed by atoms with van der Waals surface area (Å²) in [5, 5.41) is 9.88. The van der Waals surface area contributed by atoms with Gasteiger partial charge >= 0.3 is 0 Å². The highest BCUT2D eigenvalue weighted by molar-refractivity contribution is 5.97. The molecule has 220 valence electrons. The Morgan fingerprint density at radius 1 is 0.878 bits per heavy atom. The summed E-state index contributed by atoms with van der Waals surface area (Å²) in [7, 11) is 0. The van der Waals surface area contributed by atoms with Crippen molar-refractivity contribution in [1.29, 1.82) is 0 Å². The molecule has 0 unspecified atom stereocenters. The number of anilines is 3. The minimum atomic E-state index is -0.685. The number of hydrogen-bond acceptors (Lipinski definition) is 8. The van der Waals surface area contributed by atoms with E-state index in [4.69, 9.17) is 10.5 Å². The van der Waals surface area contributed by atoms with Gasteiger partial charge in [0, 0.05) is 42.3 Å². The smallest absolute Gasteiger partial charge is 0.271 e. The van der Waals surface area contributed by atoms with Crippen LogP contribution < -0.4 is 21.7 Å². The highest BCUT2D eigenvalue weighted by atomic mass is 16.5. The topological polar surface area (TPSA) is 152 Å². The molecule has 3 fully saturated rings. The maximum atomic E-state index is 12.8. The van der Waals surface area contributed by atoms with Crippen molar-refractivity contribution in [2.45, 2.75) is 76.3 Å². The molecule has 5 N–H and O–H groups in total. The van der Waals surface area contributed by atoms with Crippen molar-refractivity contribution >= 4 is 35.0 Å². The summed E-state index contributed by atoms with van der Waals surface area (Å²) in [4.78, 5) is 48.2. The average Bonchev–Trinajstić information content (AvgIpc) is 3.29. The summed E-state index contributed by atoms with van der Waals surface area (Å²) in [6.45, 7) is 2.24. The van der Waals surface area contributed by atoms with Gasteiger partial charge in [0.1, 0.15) is 5.82 Å². The number of carbonyl (C=O) groups excluding carboxylic acids is 3. The van der Waals surface area contributed by atoms with Crippen molar-refractivity contribution < 1.29 is 19.1 Å². The van der Waals surface area contributed by atoms with Crippen molar-refractivity contribution in [3.05, 3.63) is 41.7 Å². The molecule has 0 atom stereocenters. The fraction of sp³-hybridized carbons (Fsp3) is 0.567. The third-order valence-electron chi connectivity index (χ3n) is 8.35. The summed E-state index contributed by atoms with van der Waals surface area (Å²) in [5.41, 5.74) is 6.84. The number of rotatable bonds is 8. The Labute approximate surface area is 241 Å². The normalized spacial score (nSPS) is 21.9. The lowest BCUT2D eigenvalue weighted by molar-refractivity contribution is -0.126. The molecule has 3 aliphatic rings. The highest BCUT2D eigenvalue weighted by Gasteiger charge is 2.27. The van der Waals surface area contributed by atoms with E-state index in [2.05, 4.69) is 25.9 Å². The Morgan fingerprint density at radius 2 is 1.54 bits per heavy atom. The molecule has 0 radical (unpaired) electrons. The molecule has 5 rings (SSSR count). The van der Waals surface area contributed by atoms with Gasteiger partial charge in [0.15, 0.2) is 11.5 Å². The predicted molar refractivity (Wildman–Crippen MR) is 156 cm³/mol. The Morgan fingerprint density at radius 3 is 2.20 bits per heavy atom. The van der Waals surface area contributed by atoms with Crippen LogP contribution in [0.25, 0.3) is 0 Å². The van der Waals surface area contributed by atoms with E-state index in [0.717, 1.165) is 51.4 Å². The fourth-order valence-electron chi connectivity index (χ4n) is 5.96. The van der Waals surface area contributed by atoms with Crippen LogP contribution in [-0.2, 0) is 9.53 Å². The number of carbonyl (C=O) groups is 3. The molecular formula is C30H41N7O4. The average molecular weight is 564 g/mol. The first-order chi connectivity index (χ1) is 20.0. The van der Waals surface area contributed by atoms with Gasteiger partial charge in [0.05, 0.1) is 19.4 Å². The molecule has 2 aliphatic carbocycles. The lowest BCUT2D eigenvalue weighted by Crippen LogP contribution is -2.42. The summed E-state index contributed by atoms with van der Waals surface area (Å²) in [6.07, 6.45) is 11.9. The molecule has 11 nitrogen and oxygen atoms in total. The number of amides is 3. The van der Waals surface area contributed by atoms with E-state index in [1.54, 1.807) is 29.2 Å². The molecule has 2 aromatic rings. The fourth-order valence-corrected chi connectivity index (χ4v) is 5.96. The van der Waals surface area contributed by atoms with E-state index < -0.39 is 5.91 Å². The van der Waals surface area contributed by atoms with Gasteiger partial charge in [-0.1, -0.05) is 25.7 Å². The number of aromatic nitrogens is 2. The number of hydrogen-bond donors (Lipinski definition) is 4. The first-order valence-electron chi connectivity index (χ1n) is 14.9. The molecule has 3 amide bonds. The van der Waals surface area contributed by atoms with Gasteiger partial charge in [-0.25, -0.2) is 9.97 Å². The van der Waals surface area contributed by atoms with Gasteiger partial charge in [-0.05, 0) is 62.8 Å². The summed E-state index contributed by atoms with van der Waals surface area (Å²) < 4.78 is 5.33. The van der Waals surface area contributed by atoms with Crippen molar-refractivity contribution in [3.8, 4) is 0 Å². The van der Waals surface area contributed by atoms with Crippen LogP contribution in [-0.4, -0.2) is 71.0 Å². The van der Waals surface area contributed by atoms with E-state index in [0.29, 0.717) is 43.4 Å². The Bertz CT molecular complexity index is 1200. The number of nitrogens with one attached hydrogen (secondary N) is 3. The molecule has 11 heteroatoms. The minimum Gasteiger partial charge on any atom is -0.378 e. The maximum absolute atomic E-state index is 12.8. The second-order valence-corrected chi connectivity index (χ2v) is 11.3. The van der Waals surface area contributed by atoms with Gasteiger partial charge in [0.25, 0.3) is 11.8 Å². The number of ether oxygens (including phenoxy) is 1. The van der Waals surface area contributed by atoms with E-state index in [1.165, 1.54) is 19.0 Å². The largest absolute Gasteiger partial charge is 0.378 e. The Balaban J connectivity index is 1.16. The Hall–Kier alpha value is -3.73. The van der Waals surface area contributed by atoms with E-state index >= 15 is 0 Å². The van der Waals surface area contributed by atoms with Gasteiger partial charge in [-0.2, -0.15) is 0 Å². The molecule has 1 saturated heterocycles. The van der Waals surface area contributed by atoms with Crippen LogP contribution in [0.3, 0.4) is 0 Å². The summed E-state index contributed by atoms with van der Waals surface area (Å²) >= 11 is 0. The zero-order chi connectivity index (χ0) is 28.6. The molecule has 0 spiro atoms. The van der Waals surface area contributed by atoms with Crippen LogP contribution in [0.15, 0.2) is 30.5 Å². The van der Waals surface area contributed by atoms with Crippen LogP contribution in [0.1, 0.15) is 85.1 Å². The second-order valence-electron chi connectivity index (χ2n) is 11.3. The zero-order valence-corrected chi connectivity index (χ0v) is 23.6. The first kappa shape index (κ1) is 28.8. The SMILES string of the molecule is NC(=O)c1ncc(NC2CCC(NC(=O)C3CCCCCC3)CC2)nc1Nc1ccc(C(=O)N2CCOCC2)cc1. The predicted octanol–water partition coefficient (Wildman–Crippen LogP) is 3.60. The van der Waals surface area contributed by atoms with Gasteiger partial charge in [0.2, 0.25) is 5.91 Å². The molecule has 1 aliphatic heterocycles. The molecule has 1 aromatic heterocycles. The van der Waals surface area contributed by atoms with Gasteiger partial charge in [-0.15, -0.1) is 0 Å². The molecular weight excluding hydrogens is 522 g/mol. The molecule has 0 bridgehead atoms. The van der Waals surface area contributed by atoms with E-state index in [-0.39, 0.29) is 41.3 Å². The van der Waals surface area contributed by atoms with Crippen molar-refractivity contribution in [2.75, 3.05) is 36.9 Å². The number of primary amides is 1. The van der Waals surface area contributed by atoms with Crippen LogP contribution in [0.2, 0.25) is 0 Å². The quantitative estimate of drug-likeness (QED) is 0.356. The van der Waals surface area contributed by atoms with Crippen molar-refractivity contribution in [2.24, 2.45) is 11.7 Å². The summed E-state index contributed by atoms with van der Waals surface area (Å²) in [6, 6.07) is 7.42. The number of morpholine rings is 1. The van der Waals surface area contributed by atoms with Gasteiger partial charge in [-0.3, -0.25) is 14.4 Å². The number of benzene rings is 1.